The van der Waals surface area contributed by atoms with E-state index in [1.165, 1.54) is 0 Å². The first-order valence-corrected chi connectivity index (χ1v) is 9.27. The molecule has 2 N–H and O–H groups in total. The minimum absolute atomic E-state index is 0.0437. The van der Waals surface area contributed by atoms with Gasteiger partial charge in [-0.15, -0.1) is 0 Å². The van der Waals surface area contributed by atoms with Crippen molar-refractivity contribution >= 4 is 17.8 Å². The Kier molecular flexibility index (Phi) is 5.78. The summed E-state index contributed by atoms with van der Waals surface area (Å²) in [4.78, 5) is 35.1. The van der Waals surface area contributed by atoms with Gasteiger partial charge in [-0.3, -0.25) is 4.79 Å². The van der Waals surface area contributed by atoms with Crippen LogP contribution in [0.1, 0.15) is 37.3 Å². The number of Topliss-reactive ketones (excluding diaryl/α,β-unsaturated/α-hetero) is 1. The molecule has 2 aromatic rings. The molecule has 0 heterocycles. The molecule has 2 aromatic carbocycles. The van der Waals surface area contributed by atoms with Gasteiger partial charge in [0.15, 0.2) is 0 Å². The average molecular weight is 381 g/mol. The number of hydrogen-bond acceptors (Lipinski definition) is 4. The standard InChI is InChI=1S/C22H23NO5/c1-13(2)11-19(20(24)21(25)26)23-22(27)28-12-18-16-9-5-3-7-14(16)15-8-4-6-10-17(15)18/h3-10,13,18-19H,11-12H2,1-2H3,(H,23,27)(H,25,26)/t19-/m0/s1. The van der Waals surface area contributed by atoms with Crippen molar-refractivity contribution in [3.8, 4) is 11.1 Å². The van der Waals surface area contributed by atoms with E-state index in [1.807, 2.05) is 62.4 Å². The fourth-order valence-electron chi connectivity index (χ4n) is 3.63. The lowest BCUT2D eigenvalue weighted by Gasteiger charge is -2.19. The number of benzene rings is 2. The molecule has 6 heteroatoms. The number of amides is 1. The van der Waals surface area contributed by atoms with E-state index in [-0.39, 0.29) is 24.9 Å². The summed E-state index contributed by atoms with van der Waals surface area (Å²) in [6.07, 6.45) is -0.558. The van der Waals surface area contributed by atoms with Crippen LogP contribution < -0.4 is 5.32 Å². The molecule has 146 valence electrons. The molecule has 0 bridgehead atoms. The number of carboxylic acid groups (broad SMARTS) is 1. The van der Waals surface area contributed by atoms with E-state index in [4.69, 9.17) is 9.84 Å². The molecular weight excluding hydrogens is 358 g/mol. The molecule has 1 aliphatic carbocycles. The van der Waals surface area contributed by atoms with E-state index in [0.717, 1.165) is 22.3 Å². The maximum absolute atomic E-state index is 12.3. The van der Waals surface area contributed by atoms with Crippen LogP contribution in [0, 0.1) is 5.92 Å². The fourth-order valence-corrected chi connectivity index (χ4v) is 3.63. The molecule has 1 aliphatic rings. The predicted octanol–water partition coefficient (Wildman–Crippen LogP) is 3.59. The number of alkyl carbamates (subject to hydrolysis) is 1. The molecule has 1 amide bonds. The Hall–Kier alpha value is -3.15. The van der Waals surface area contributed by atoms with E-state index in [9.17, 15) is 14.4 Å². The molecular formula is C22H23NO5. The third-order valence-corrected chi connectivity index (χ3v) is 4.87. The van der Waals surface area contributed by atoms with Crippen LogP contribution in [0.25, 0.3) is 11.1 Å². The van der Waals surface area contributed by atoms with Crippen LogP contribution in [0.5, 0.6) is 0 Å². The van der Waals surface area contributed by atoms with Gasteiger partial charge in [-0.25, -0.2) is 9.59 Å². The number of carboxylic acids is 1. The molecule has 0 unspecified atom stereocenters. The van der Waals surface area contributed by atoms with Gasteiger partial charge in [-0.2, -0.15) is 0 Å². The third kappa shape index (κ3) is 4.06. The molecule has 0 radical (unpaired) electrons. The van der Waals surface area contributed by atoms with Crippen LogP contribution in [-0.2, 0) is 14.3 Å². The van der Waals surface area contributed by atoms with Gasteiger partial charge in [0.25, 0.3) is 5.78 Å². The smallest absolute Gasteiger partial charge is 0.407 e. The summed E-state index contributed by atoms with van der Waals surface area (Å²) in [5, 5.41) is 11.4. The number of nitrogens with one attached hydrogen (secondary N) is 1. The highest BCUT2D eigenvalue weighted by Crippen LogP contribution is 2.44. The predicted molar refractivity (Wildman–Crippen MR) is 104 cm³/mol. The second-order valence-corrected chi connectivity index (χ2v) is 7.32. The zero-order chi connectivity index (χ0) is 20.3. The molecule has 0 spiro atoms. The fraction of sp³-hybridized carbons (Fsp3) is 0.318. The minimum atomic E-state index is -1.57. The van der Waals surface area contributed by atoms with E-state index in [2.05, 4.69) is 5.32 Å². The van der Waals surface area contributed by atoms with Gasteiger partial charge in [-0.05, 0) is 34.6 Å². The molecule has 0 aliphatic heterocycles. The molecule has 0 saturated carbocycles. The van der Waals surface area contributed by atoms with Crippen molar-refractivity contribution in [1.29, 1.82) is 0 Å². The minimum Gasteiger partial charge on any atom is -0.475 e. The number of fused-ring (bicyclic) bond motifs is 3. The molecule has 1 atom stereocenters. The molecule has 6 nitrogen and oxygen atoms in total. The summed E-state index contributed by atoms with van der Waals surface area (Å²) in [6, 6.07) is 14.8. The first kappa shape index (κ1) is 19.6. The van der Waals surface area contributed by atoms with Crippen LogP contribution in [0.15, 0.2) is 48.5 Å². The van der Waals surface area contributed by atoms with Crippen LogP contribution in [0.3, 0.4) is 0 Å². The van der Waals surface area contributed by atoms with E-state index in [1.54, 1.807) is 0 Å². The van der Waals surface area contributed by atoms with Crippen molar-refractivity contribution < 1.29 is 24.2 Å². The molecule has 0 aromatic heterocycles. The van der Waals surface area contributed by atoms with Crippen molar-refractivity contribution in [2.75, 3.05) is 6.61 Å². The van der Waals surface area contributed by atoms with Crippen molar-refractivity contribution in [2.45, 2.75) is 32.2 Å². The Morgan fingerprint density at radius 3 is 2.04 bits per heavy atom. The molecule has 28 heavy (non-hydrogen) atoms. The Bertz CT molecular complexity index is 860. The van der Waals surface area contributed by atoms with Gasteiger partial charge in [0.1, 0.15) is 12.6 Å². The zero-order valence-electron chi connectivity index (χ0n) is 15.8. The zero-order valence-corrected chi connectivity index (χ0v) is 15.8. The average Bonchev–Trinajstić information content (AvgIpc) is 2.99. The highest BCUT2D eigenvalue weighted by molar-refractivity contribution is 6.35. The number of hydrogen-bond donors (Lipinski definition) is 2. The van der Waals surface area contributed by atoms with Gasteiger partial charge in [0.2, 0.25) is 0 Å². The first-order valence-electron chi connectivity index (χ1n) is 9.27. The maximum atomic E-state index is 12.3. The van der Waals surface area contributed by atoms with Crippen molar-refractivity contribution in [1.82, 2.24) is 5.32 Å². The monoisotopic (exact) mass is 381 g/mol. The van der Waals surface area contributed by atoms with Crippen molar-refractivity contribution in [3.63, 3.8) is 0 Å². The largest absolute Gasteiger partial charge is 0.475 e. The van der Waals surface area contributed by atoms with Crippen LogP contribution >= 0.6 is 0 Å². The van der Waals surface area contributed by atoms with E-state index < -0.39 is 23.9 Å². The number of aliphatic carboxylic acids is 1. The molecule has 0 saturated heterocycles. The Labute approximate surface area is 163 Å². The summed E-state index contributed by atoms with van der Waals surface area (Å²) >= 11 is 0. The second-order valence-electron chi connectivity index (χ2n) is 7.32. The van der Waals surface area contributed by atoms with Crippen molar-refractivity contribution in [2.24, 2.45) is 5.92 Å². The van der Waals surface area contributed by atoms with E-state index >= 15 is 0 Å². The van der Waals surface area contributed by atoms with Gasteiger partial charge in [-0.1, -0.05) is 62.4 Å². The lowest BCUT2D eigenvalue weighted by Crippen LogP contribution is -2.45. The van der Waals surface area contributed by atoms with Crippen LogP contribution in [0.2, 0.25) is 0 Å². The Balaban J connectivity index is 1.70. The number of rotatable bonds is 7. The SMILES string of the molecule is CC(C)C[C@H](NC(=O)OCC1c2ccccc2-c2ccccc21)C(=O)C(=O)O. The lowest BCUT2D eigenvalue weighted by molar-refractivity contribution is -0.150. The van der Waals surface area contributed by atoms with Gasteiger partial charge in [0, 0.05) is 5.92 Å². The van der Waals surface area contributed by atoms with Gasteiger partial charge in [0.05, 0.1) is 0 Å². The normalized spacial score (nSPS) is 13.5. The van der Waals surface area contributed by atoms with Gasteiger partial charge < -0.3 is 15.2 Å². The summed E-state index contributed by atoms with van der Waals surface area (Å²) < 4.78 is 5.39. The summed E-state index contributed by atoms with van der Waals surface area (Å²) in [5.74, 6) is -2.66. The topological polar surface area (TPSA) is 92.7 Å². The number of carbonyl (C=O) groups excluding carboxylic acids is 2. The molecule has 0 fully saturated rings. The Morgan fingerprint density at radius 1 is 1.00 bits per heavy atom. The highest BCUT2D eigenvalue weighted by atomic mass is 16.5. The highest BCUT2D eigenvalue weighted by Gasteiger charge is 2.31. The molecule has 3 rings (SSSR count). The summed E-state index contributed by atoms with van der Waals surface area (Å²) in [5.41, 5.74) is 4.39. The number of carbonyl (C=O) groups is 3. The van der Waals surface area contributed by atoms with Crippen molar-refractivity contribution in [3.05, 3.63) is 59.7 Å². The summed E-state index contributed by atoms with van der Waals surface area (Å²) in [6.45, 7) is 3.80. The maximum Gasteiger partial charge on any atom is 0.407 e. The quantitative estimate of drug-likeness (QED) is 0.715. The first-order chi connectivity index (χ1) is 13.4. The second kappa shape index (κ2) is 8.25. The number of ether oxygens (including phenoxy) is 1. The number of ketones is 1. The summed E-state index contributed by atoms with van der Waals surface area (Å²) in [7, 11) is 0. The lowest BCUT2D eigenvalue weighted by atomic mass is 9.98. The third-order valence-electron chi connectivity index (χ3n) is 4.87. The Morgan fingerprint density at radius 2 is 1.54 bits per heavy atom. The van der Waals surface area contributed by atoms with Gasteiger partial charge >= 0.3 is 12.1 Å². The van der Waals surface area contributed by atoms with E-state index in [0.29, 0.717) is 0 Å². The van der Waals surface area contributed by atoms with Crippen LogP contribution in [-0.4, -0.2) is 35.6 Å². The van der Waals surface area contributed by atoms with Crippen LogP contribution in [0.4, 0.5) is 4.79 Å².